The monoisotopic (exact) mass is 333 g/mol. The number of benzene rings is 2. The van der Waals surface area contributed by atoms with Crippen molar-refractivity contribution in [2.45, 2.75) is 0 Å². The zero-order chi connectivity index (χ0) is 13.4. The highest BCUT2D eigenvalue weighted by molar-refractivity contribution is 9.10. The largest absolute Gasteiger partial charge is 0.276 e. The predicted octanol–water partition coefficient (Wildman–Crippen LogP) is 4.41. The molecule has 4 heteroatoms. The fraction of sp³-hybridized carbons (Fsp3) is 0. The van der Waals surface area contributed by atoms with E-state index >= 15 is 0 Å². The molecule has 0 aliphatic heterocycles. The molecule has 0 amide bonds. The number of aromatic nitrogens is 1. The molecule has 2 nitrogen and oxygen atoms in total. The van der Waals surface area contributed by atoms with Crippen molar-refractivity contribution in [1.82, 2.24) is 4.57 Å². The van der Waals surface area contributed by atoms with E-state index in [-0.39, 0.29) is 5.56 Å². The Bertz CT molecular complexity index is 826. The third-order valence-electron chi connectivity index (χ3n) is 2.95. The number of para-hydroxylation sites is 1. The van der Waals surface area contributed by atoms with E-state index in [1.54, 1.807) is 22.8 Å². The minimum atomic E-state index is -0.0678. The lowest BCUT2D eigenvalue weighted by Gasteiger charge is -2.12. The molecular weight excluding hydrogens is 326 g/mol. The Morgan fingerprint density at radius 3 is 2.58 bits per heavy atom. The van der Waals surface area contributed by atoms with Crippen LogP contribution in [-0.2, 0) is 0 Å². The molecule has 3 aromatic rings. The molecule has 1 heterocycles. The van der Waals surface area contributed by atoms with Crippen LogP contribution in [0.25, 0.3) is 16.6 Å². The Hall–Kier alpha value is -1.58. The van der Waals surface area contributed by atoms with Crippen LogP contribution in [0.3, 0.4) is 0 Å². The summed E-state index contributed by atoms with van der Waals surface area (Å²) in [6.45, 7) is 0. The first kappa shape index (κ1) is 12.5. The minimum Gasteiger partial charge on any atom is -0.276 e. The molecule has 0 aliphatic carbocycles. The predicted molar refractivity (Wildman–Crippen MR) is 82.3 cm³/mol. The Morgan fingerprint density at radius 2 is 1.79 bits per heavy atom. The van der Waals surface area contributed by atoms with Gasteiger partial charge in [-0.15, -0.1) is 0 Å². The Balaban J connectivity index is 2.42. The van der Waals surface area contributed by atoms with Crippen LogP contribution >= 0.6 is 27.5 Å². The van der Waals surface area contributed by atoms with E-state index in [1.807, 2.05) is 36.4 Å². The van der Waals surface area contributed by atoms with Crippen molar-refractivity contribution in [3.05, 3.63) is 74.4 Å². The van der Waals surface area contributed by atoms with Crippen molar-refractivity contribution < 1.29 is 0 Å². The average Bonchev–Trinajstić information content (AvgIpc) is 2.40. The topological polar surface area (TPSA) is 22.0 Å². The van der Waals surface area contributed by atoms with Gasteiger partial charge in [0.05, 0.1) is 11.2 Å². The summed E-state index contributed by atoms with van der Waals surface area (Å²) in [6, 6.07) is 16.6. The highest BCUT2D eigenvalue weighted by atomic mass is 79.9. The fourth-order valence-corrected chi connectivity index (χ4v) is 2.96. The molecule has 0 radical (unpaired) electrons. The van der Waals surface area contributed by atoms with Gasteiger partial charge < -0.3 is 0 Å². The smallest absolute Gasteiger partial charge is 0.255 e. The summed E-state index contributed by atoms with van der Waals surface area (Å²) in [4.78, 5) is 12.2. The molecule has 0 atom stereocenters. The summed E-state index contributed by atoms with van der Waals surface area (Å²) in [5.41, 5.74) is 1.59. The van der Waals surface area contributed by atoms with E-state index in [2.05, 4.69) is 15.9 Å². The lowest BCUT2D eigenvalue weighted by atomic mass is 10.2. The van der Waals surface area contributed by atoms with Gasteiger partial charge in [0.25, 0.3) is 5.56 Å². The molecule has 1 aromatic heterocycles. The van der Waals surface area contributed by atoms with E-state index in [0.717, 1.165) is 21.1 Å². The molecule has 19 heavy (non-hydrogen) atoms. The second-order valence-corrected chi connectivity index (χ2v) is 5.45. The molecule has 0 aliphatic rings. The van der Waals surface area contributed by atoms with Gasteiger partial charge in [0.2, 0.25) is 0 Å². The molecule has 0 N–H and O–H groups in total. The van der Waals surface area contributed by atoms with Crippen LogP contribution in [0.15, 0.2) is 63.9 Å². The summed E-state index contributed by atoms with van der Waals surface area (Å²) >= 11 is 9.40. The number of hydrogen-bond donors (Lipinski definition) is 0. The summed E-state index contributed by atoms with van der Waals surface area (Å²) in [6.07, 6.45) is 0. The lowest BCUT2D eigenvalue weighted by molar-refractivity contribution is 1.04. The van der Waals surface area contributed by atoms with Crippen molar-refractivity contribution >= 4 is 38.4 Å². The van der Waals surface area contributed by atoms with Crippen LogP contribution in [0.4, 0.5) is 0 Å². The van der Waals surface area contributed by atoms with Gasteiger partial charge in [-0.2, -0.15) is 0 Å². The average molecular weight is 335 g/mol. The van der Waals surface area contributed by atoms with E-state index < -0.39 is 0 Å². The SMILES string of the molecule is O=c1ccc2ccccc2n1-c1ccc(Cl)cc1Br. The number of halogens is 2. The van der Waals surface area contributed by atoms with E-state index in [1.165, 1.54) is 0 Å². The molecule has 0 spiro atoms. The molecule has 2 aromatic carbocycles. The molecule has 0 bridgehead atoms. The van der Waals surface area contributed by atoms with Gasteiger partial charge in [0.1, 0.15) is 0 Å². The van der Waals surface area contributed by atoms with Gasteiger partial charge in [0, 0.05) is 15.6 Å². The zero-order valence-corrected chi connectivity index (χ0v) is 12.1. The minimum absolute atomic E-state index is 0.0678. The Morgan fingerprint density at radius 1 is 1.00 bits per heavy atom. The second kappa shape index (κ2) is 4.83. The number of pyridine rings is 1. The summed E-state index contributed by atoms with van der Waals surface area (Å²) in [5, 5.41) is 1.65. The maximum atomic E-state index is 12.2. The third kappa shape index (κ3) is 2.20. The van der Waals surface area contributed by atoms with Gasteiger partial charge >= 0.3 is 0 Å². The highest BCUT2D eigenvalue weighted by Gasteiger charge is 2.08. The molecule has 0 unspecified atom stereocenters. The van der Waals surface area contributed by atoms with E-state index in [4.69, 9.17) is 11.6 Å². The molecule has 94 valence electrons. The standard InChI is InChI=1S/C15H9BrClNO/c16-12-9-11(17)6-7-14(12)18-13-4-2-1-3-10(13)5-8-15(18)19/h1-9H. The summed E-state index contributed by atoms with van der Waals surface area (Å²) < 4.78 is 2.47. The van der Waals surface area contributed by atoms with Gasteiger partial charge in [-0.05, 0) is 51.6 Å². The number of nitrogens with zero attached hydrogens (tertiary/aromatic N) is 1. The van der Waals surface area contributed by atoms with Crippen molar-refractivity contribution in [1.29, 1.82) is 0 Å². The van der Waals surface area contributed by atoms with Crippen LogP contribution < -0.4 is 5.56 Å². The maximum Gasteiger partial charge on any atom is 0.255 e. The molecule has 0 fully saturated rings. The van der Waals surface area contributed by atoms with Crippen molar-refractivity contribution in [3.8, 4) is 5.69 Å². The quantitative estimate of drug-likeness (QED) is 0.646. The molecule has 0 saturated carbocycles. The zero-order valence-electron chi connectivity index (χ0n) is 9.81. The number of hydrogen-bond acceptors (Lipinski definition) is 1. The van der Waals surface area contributed by atoms with Crippen LogP contribution in [0, 0.1) is 0 Å². The highest BCUT2D eigenvalue weighted by Crippen LogP contribution is 2.26. The first-order valence-electron chi connectivity index (χ1n) is 5.73. The Kier molecular flexibility index (Phi) is 3.17. The van der Waals surface area contributed by atoms with Crippen molar-refractivity contribution in [3.63, 3.8) is 0 Å². The van der Waals surface area contributed by atoms with Crippen LogP contribution in [0.1, 0.15) is 0 Å². The number of fused-ring (bicyclic) bond motifs is 1. The first-order chi connectivity index (χ1) is 9.16. The van der Waals surface area contributed by atoms with Crippen LogP contribution in [-0.4, -0.2) is 4.57 Å². The Labute approximate surface area is 123 Å². The fourth-order valence-electron chi connectivity index (χ4n) is 2.10. The van der Waals surface area contributed by atoms with Gasteiger partial charge in [-0.25, -0.2) is 0 Å². The van der Waals surface area contributed by atoms with E-state index in [0.29, 0.717) is 5.02 Å². The van der Waals surface area contributed by atoms with Crippen LogP contribution in [0.5, 0.6) is 0 Å². The van der Waals surface area contributed by atoms with Crippen molar-refractivity contribution in [2.24, 2.45) is 0 Å². The first-order valence-corrected chi connectivity index (χ1v) is 6.90. The number of rotatable bonds is 1. The summed E-state index contributed by atoms with van der Waals surface area (Å²) in [7, 11) is 0. The van der Waals surface area contributed by atoms with Crippen LogP contribution in [0.2, 0.25) is 5.02 Å². The summed E-state index contributed by atoms with van der Waals surface area (Å²) in [5.74, 6) is 0. The van der Waals surface area contributed by atoms with E-state index in [9.17, 15) is 4.79 Å². The third-order valence-corrected chi connectivity index (χ3v) is 3.82. The van der Waals surface area contributed by atoms with Gasteiger partial charge in [0.15, 0.2) is 0 Å². The van der Waals surface area contributed by atoms with Gasteiger partial charge in [-0.1, -0.05) is 29.8 Å². The molecule has 3 rings (SSSR count). The molecular formula is C15H9BrClNO. The van der Waals surface area contributed by atoms with Gasteiger partial charge in [-0.3, -0.25) is 9.36 Å². The molecule has 0 saturated heterocycles. The lowest BCUT2D eigenvalue weighted by Crippen LogP contribution is -2.17. The second-order valence-electron chi connectivity index (χ2n) is 4.16. The van der Waals surface area contributed by atoms with Crippen molar-refractivity contribution in [2.75, 3.05) is 0 Å². The maximum absolute atomic E-state index is 12.2. The normalized spacial score (nSPS) is 10.8.